The predicted molar refractivity (Wildman–Crippen MR) is 84.8 cm³/mol. The molecule has 4 N–H and O–H groups in total. The van der Waals surface area contributed by atoms with Gasteiger partial charge in [-0.25, -0.2) is 4.39 Å². The quantitative estimate of drug-likeness (QED) is 0.666. The summed E-state index contributed by atoms with van der Waals surface area (Å²) in [6.45, 7) is 1.88. The molecule has 0 bridgehead atoms. The Morgan fingerprint density at radius 2 is 2.12 bits per heavy atom. The third-order valence-electron chi connectivity index (χ3n) is 3.62. The van der Waals surface area contributed by atoms with E-state index >= 15 is 0 Å². The minimum absolute atomic E-state index is 0.0323. The first-order valence-corrected chi connectivity index (χ1v) is 7.72. The first-order chi connectivity index (χ1) is 11.3. The molecule has 0 aliphatic carbocycles. The predicted octanol–water partition coefficient (Wildman–Crippen LogP) is 1.41. The number of carbonyl (C=O) groups excluding carboxylic acids is 3. The molecule has 0 fully saturated rings. The summed E-state index contributed by atoms with van der Waals surface area (Å²) in [7, 11) is 0. The molecule has 130 valence electrons. The van der Waals surface area contributed by atoms with Gasteiger partial charge < -0.3 is 21.1 Å². The van der Waals surface area contributed by atoms with Crippen LogP contribution in [0.3, 0.4) is 0 Å². The summed E-state index contributed by atoms with van der Waals surface area (Å²) >= 11 is 5.74. The van der Waals surface area contributed by atoms with Gasteiger partial charge in [-0.1, -0.05) is 11.6 Å². The van der Waals surface area contributed by atoms with Gasteiger partial charge in [-0.15, -0.1) is 0 Å². The van der Waals surface area contributed by atoms with Crippen molar-refractivity contribution in [2.75, 3.05) is 11.9 Å². The largest absolute Gasteiger partial charge is 0.466 e. The van der Waals surface area contributed by atoms with E-state index in [4.69, 9.17) is 22.1 Å². The van der Waals surface area contributed by atoms with Gasteiger partial charge in [-0.3, -0.25) is 14.4 Å². The monoisotopic (exact) mass is 357 g/mol. The van der Waals surface area contributed by atoms with E-state index in [1.807, 2.05) is 0 Å². The minimum Gasteiger partial charge on any atom is -0.466 e. The molecule has 1 aromatic carbocycles. The highest BCUT2D eigenvalue weighted by atomic mass is 35.5. The average molecular weight is 358 g/mol. The van der Waals surface area contributed by atoms with Gasteiger partial charge in [0.05, 0.1) is 23.8 Å². The van der Waals surface area contributed by atoms with Crippen molar-refractivity contribution in [2.45, 2.75) is 25.9 Å². The van der Waals surface area contributed by atoms with E-state index in [0.29, 0.717) is 0 Å². The van der Waals surface area contributed by atoms with Crippen LogP contribution in [0.4, 0.5) is 10.1 Å². The molecule has 1 aromatic rings. The highest BCUT2D eigenvalue weighted by molar-refractivity contribution is 6.31. The summed E-state index contributed by atoms with van der Waals surface area (Å²) in [6.07, 6.45) is -0.935. The number of anilines is 1. The molecule has 1 aliphatic heterocycles. The van der Waals surface area contributed by atoms with Crippen LogP contribution in [-0.4, -0.2) is 30.6 Å². The van der Waals surface area contributed by atoms with Crippen LogP contribution in [0.2, 0.25) is 5.02 Å². The van der Waals surface area contributed by atoms with Crippen LogP contribution in [0.15, 0.2) is 12.1 Å². The van der Waals surface area contributed by atoms with Crippen LogP contribution in [0.5, 0.6) is 0 Å². The van der Waals surface area contributed by atoms with Crippen LogP contribution in [0, 0.1) is 11.7 Å². The lowest BCUT2D eigenvalue weighted by atomic mass is 9.96. The molecule has 9 heteroatoms. The number of halogens is 2. The molecule has 1 aliphatic rings. The van der Waals surface area contributed by atoms with E-state index < -0.39 is 35.7 Å². The average Bonchev–Trinajstić information content (AvgIpc) is 2.48. The summed E-state index contributed by atoms with van der Waals surface area (Å²) in [5, 5.41) is 5.36. The number of benzene rings is 1. The molecule has 0 saturated heterocycles. The van der Waals surface area contributed by atoms with Gasteiger partial charge in [-0.2, -0.15) is 0 Å². The number of ether oxygens (including phenoxy) is 1. The van der Waals surface area contributed by atoms with Crippen molar-refractivity contribution < 1.29 is 23.5 Å². The molecule has 0 spiro atoms. The third kappa shape index (κ3) is 3.94. The number of rotatable bonds is 6. The van der Waals surface area contributed by atoms with E-state index in [2.05, 4.69) is 10.6 Å². The molecular weight excluding hydrogens is 341 g/mol. The SMILES string of the molecule is CCOC(=O)CCC(C(N)=O)C1NC(=O)c2cc(Cl)cc(F)c2N1. The first kappa shape index (κ1) is 18.0. The van der Waals surface area contributed by atoms with Crippen LogP contribution in [0.25, 0.3) is 0 Å². The second-order valence-electron chi connectivity index (χ2n) is 5.26. The zero-order chi connectivity index (χ0) is 17.9. The molecule has 2 atom stereocenters. The Morgan fingerprint density at radius 1 is 1.42 bits per heavy atom. The Bertz CT molecular complexity index is 683. The maximum absolute atomic E-state index is 14.0. The fourth-order valence-electron chi connectivity index (χ4n) is 2.49. The number of primary amides is 1. The molecule has 24 heavy (non-hydrogen) atoms. The Labute approximate surface area is 142 Å². The minimum atomic E-state index is -0.937. The molecule has 1 heterocycles. The molecule has 2 unspecified atom stereocenters. The van der Waals surface area contributed by atoms with E-state index in [0.717, 1.165) is 6.07 Å². The van der Waals surface area contributed by atoms with Gasteiger partial charge in [0.2, 0.25) is 5.91 Å². The van der Waals surface area contributed by atoms with Gasteiger partial charge in [-0.05, 0) is 25.5 Å². The molecule has 0 saturated carbocycles. The van der Waals surface area contributed by atoms with E-state index in [1.165, 1.54) is 6.07 Å². The lowest BCUT2D eigenvalue weighted by molar-refractivity contribution is -0.143. The van der Waals surface area contributed by atoms with Crippen molar-refractivity contribution in [3.05, 3.63) is 28.5 Å². The van der Waals surface area contributed by atoms with Crippen molar-refractivity contribution in [1.29, 1.82) is 0 Å². The highest BCUT2D eigenvalue weighted by Gasteiger charge is 2.34. The molecular formula is C15H17ClFN3O4. The number of hydrogen-bond acceptors (Lipinski definition) is 5. The summed E-state index contributed by atoms with van der Waals surface area (Å²) in [5.74, 6) is -3.43. The van der Waals surface area contributed by atoms with Crippen molar-refractivity contribution in [2.24, 2.45) is 11.7 Å². The van der Waals surface area contributed by atoms with E-state index in [1.54, 1.807) is 6.92 Å². The lowest BCUT2D eigenvalue weighted by Crippen LogP contribution is -2.53. The summed E-state index contributed by atoms with van der Waals surface area (Å²) in [6, 6.07) is 2.37. The number of esters is 1. The molecule has 2 amide bonds. The van der Waals surface area contributed by atoms with Crippen molar-refractivity contribution in [3.8, 4) is 0 Å². The van der Waals surface area contributed by atoms with Crippen LogP contribution in [0.1, 0.15) is 30.1 Å². The fraction of sp³-hybridized carbons (Fsp3) is 0.400. The third-order valence-corrected chi connectivity index (χ3v) is 3.84. The number of amides is 2. The molecule has 0 radical (unpaired) electrons. The number of nitrogens with two attached hydrogens (primary N) is 1. The fourth-order valence-corrected chi connectivity index (χ4v) is 2.70. The van der Waals surface area contributed by atoms with Crippen LogP contribution >= 0.6 is 11.6 Å². The smallest absolute Gasteiger partial charge is 0.305 e. The number of fused-ring (bicyclic) bond motifs is 1. The lowest BCUT2D eigenvalue weighted by Gasteiger charge is -2.32. The van der Waals surface area contributed by atoms with Gasteiger partial charge in [0.15, 0.2) is 0 Å². The normalized spacial score (nSPS) is 17.3. The standard InChI is InChI=1S/C15H17ClFN3O4/c1-2-24-11(21)4-3-8(13(18)22)14-19-12-9(15(23)20-14)5-7(16)6-10(12)17/h5-6,8,14,19H,2-4H2,1H3,(H2,18,22)(H,20,23). The second kappa shape index (κ2) is 7.48. The topological polar surface area (TPSA) is 111 Å². The maximum atomic E-state index is 14.0. The van der Waals surface area contributed by atoms with Gasteiger partial charge >= 0.3 is 5.97 Å². The molecule has 0 aromatic heterocycles. The van der Waals surface area contributed by atoms with E-state index in [9.17, 15) is 18.8 Å². The van der Waals surface area contributed by atoms with E-state index in [-0.39, 0.29) is 35.7 Å². The Morgan fingerprint density at radius 3 is 2.75 bits per heavy atom. The Hall–Kier alpha value is -2.35. The number of nitrogens with one attached hydrogen (secondary N) is 2. The highest BCUT2D eigenvalue weighted by Crippen LogP contribution is 2.29. The zero-order valence-electron chi connectivity index (χ0n) is 12.9. The van der Waals surface area contributed by atoms with Crippen molar-refractivity contribution in [1.82, 2.24) is 5.32 Å². The summed E-state index contributed by atoms with van der Waals surface area (Å²) in [4.78, 5) is 35.3. The molecule has 2 rings (SSSR count). The maximum Gasteiger partial charge on any atom is 0.305 e. The Balaban J connectivity index is 2.19. The van der Waals surface area contributed by atoms with Crippen molar-refractivity contribution in [3.63, 3.8) is 0 Å². The zero-order valence-corrected chi connectivity index (χ0v) is 13.7. The Kier molecular flexibility index (Phi) is 5.61. The van der Waals surface area contributed by atoms with Gasteiger partial charge in [0.25, 0.3) is 5.91 Å². The summed E-state index contributed by atoms with van der Waals surface area (Å²) in [5.41, 5.74) is 5.33. The second-order valence-corrected chi connectivity index (χ2v) is 5.69. The van der Waals surface area contributed by atoms with Crippen LogP contribution in [-0.2, 0) is 14.3 Å². The first-order valence-electron chi connectivity index (χ1n) is 7.34. The molecule has 7 nitrogen and oxygen atoms in total. The van der Waals surface area contributed by atoms with Gasteiger partial charge in [0.1, 0.15) is 12.0 Å². The number of carbonyl (C=O) groups is 3. The van der Waals surface area contributed by atoms with Crippen LogP contribution < -0.4 is 16.4 Å². The summed E-state index contributed by atoms with van der Waals surface area (Å²) < 4.78 is 18.8. The number of hydrogen-bond donors (Lipinski definition) is 3. The van der Waals surface area contributed by atoms with Gasteiger partial charge in [0, 0.05) is 11.4 Å². The van der Waals surface area contributed by atoms with Crippen molar-refractivity contribution >= 4 is 35.1 Å².